The van der Waals surface area contributed by atoms with Crippen molar-refractivity contribution in [3.63, 3.8) is 0 Å². The van der Waals surface area contributed by atoms with Gasteiger partial charge in [-0.05, 0) is 116 Å². The Hall–Kier alpha value is 2.85. The molecule has 0 heterocycles. The molecule has 1 rings (SSSR count). The smallest absolute Gasteiger partial charge is 0.0473 e. The highest BCUT2D eigenvalue weighted by molar-refractivity contribution is 14.1. The first-order valence-corrected chi connectivity index (χ1v) is 8.25. The number of benzene rings is 1. The van der Waals surface area contributed by atoms with E-state index >= 15 is 0 Å². The Labute approximate surface area is 137 Å². The second-order valence-electron chi connectivity index (χ2n) is 1.88. The van der Waals surface area contributed by atoms with E-state index in [4.69, 9.17) is 0 Å². The van der Waals surface area contributed by atoms with Crippen molar-refractivity contribution in [2.45, 2.75) is 0 Å². The number of halogens is 6. The minimum Gasteiger partial charge on any atom is -0.0484 e. The predicted molar refractivity (Wildman–Crippen MR) is 87.7 cm³/mol. The SMILES string of the molecule is Brc1c(Br)c(I)c(I)c(Br)c1I. The summed E-state index contributed by atoms with van der Waals surface area (Å²) < 4.78 is 7.06. The van der Waals surface area contributed by atoms with Crippen molar-refractivity contribution in [2.24, 2.45) is 0 Å². The van der Waals surface area contributed by atoms with E-state index in [9.17, 15) is 0 Å². The summed E-state index contributed by atoms with van der Waals surface area (Å²) in [6, 6.07) is 0. The maximum Gasteiger partial charge on any atom is 0.0473 e. The van der Waals surface area contributed by atoms with Crippen LogP contribution in [0.5, 0.6) is 0 Å². The normalized spacial score (nSPS) is 10.5. The van der Waals surface area contributed by atoms with E-state index in [1.165, 1.54) is 10.7 Å². The zero-order valence-electron chi connectivity index (χ0n) is 5.27. The summed E-state index contributed by atoms with van der Waals surface area (Å²) in [6.45, 7) is 0. The van der Waals surface area contributed by atoms with Gasteiger partial charge in [0.1, 0.15) is 0 Å². The molecule has 12 heavy (non-hydrogen) atoms. The van der Waals surface area contributed by atoms with Gasteiger partial charge in [-0.1, -0.05) is 0 Å². The van der Waals surface area contributed by atoms with Crippen LogP contribution in [0.1, 0.15) is 0 Å². The zero-order valence-corrected chi connectivity index (χ0v) is 16.5. The highest BCUT2D eigenvalue weighted by Gasteiger charge is 2.14. The van der Waals surface area contributed by atoms with E-state index in [0.29, 0.717) is 0 Å². The molecule has 0 aliphatic carbocycles. The molecule has 0 radical (unpaired) electrons. The lowest BCUT2D eigenvalue weighted by molar-refractivity contribution is 1.40. The van der Waals surface area contributed by atoms with Gasteiger partial charge < -0.3 is 0 Å². The summed E-state index contributed by atoms with van der Waals surface area (Å²) in [6.07, 6.45) is 0. The quantitative estimate of drug-likeness (QED) is 0.184. The topological polar surface area (TPSA) is 0 Å². The number of rotatable bonds is 0. The van der Waals surface area contributed by atoms with Gasteiger partial charge in [0.2, 0.25) is 0 Å². The average molecular weight is 692 g/mol. The fraction of sp³-hybridized carbons (Fsp3) is 0. The lowest BCUT2D eigenvalue weighted by atomic mass is 10.4. The van der Waals surface area contributed by atoms with Crippen molar-refractivity contribution < 1.29 is 0 Å². The first kappa shape index (κ1) is 12.9. The molecule has 0 amide bonds. The molecule has 0 aliphatic heterocycles. The zero-order chi connectivity index (χ0) is 9.46. The van der Waals surface area contributed by atoms with Crippen molar-refractivity contribution in [2.75, 3.05) is 0 Å². The van der Waals surface area contributed by atoms with Crippen molar-refractivity contribution >= 4 is 116 Å². The molecule has 0 atom stereocenters. The van der Waals surface area contributed by atoms with Crippen LogP contribution in [0, 0.1) is 10.7 Å². The van der Waals surface area contributed by atoms with Gasteiger partial charge in [0, 0.05) is 24.1 Å². The maximum absolute atomic E-state index is 3.54. The third-order valence-corrected chi connectivity index (χ3v) is 11.3. The summed E-state index contributed by atoms with van der Waals surface area (Å²) in [5.41, 5.74) is 0. The molecule has 0 saturated heterocycles. The Kier molecular flexibility index (Phi) is 5.66. The van der Waals surface area contributed by atoms with Crippen molar-refractivity contribution in [3.8, 4) is 0 Å². The van der Waals surface area contributed by atoms with E-state index in [0.717, 1.165) is 13.4 Å². The van der Waals surface area contributed by atoms with Gasteiger partial charge in [-0.25, -0.2) is 0 Å². The summed E-state index contributed by atoms with van der Waals surface area (Å²) in [4.78, 5) is 0. The first-order valence-electron chi connectivity index (χ1n) is 2.63. The minimum atomic E-state index is 1.11. The molecular formula is C6Br3I3. The van der Waals surface area contributed by atoms with E-state index in [-0.39, 0.29) is 0 Å². The standard InChI is InChI=1S/C6Br3I3/c7-1-2(8)5(11)6(12)3(9)4(1)10. The molecule has 1 aromatic carbocycles. The molecule has 0 N–H and O–H groups in total. The summed E-state index contributed by atoms with van der Waals surface area (Å²) in [5, 5.41) is 0. The lowest BCUT2D eigenvalue weighted by Gasteiger charge is -2.08. The van der Waals surface area contributed by atoms with Crippen LogP contribution in [0.4, 0.5) is 0 Å². The predicted octanol–water partition coefficient (Wildman–Crippen LogP) is 5.79. The highest BCUT2D eigenvalue weighted by atomic mass is 127. The third-order valence-electron chi connectivity index (χ3n) is 1.16. The molecule has 0 unspecified atom stereocenters. The molecule has 0 aromatic heterocycles. The van der Waals surface area contributed by atoms with Gasteiger partial charge in [-0.2, -0.15) is 0 Å². The minimum absolute atomic E-state index is 1.11. The van der Waals surface area contributed by atoms with Gasteiger partial charge in [0.05, 0.1) is 0 Å². The number of hydrogen-bond donors (Lipinski definition) is 0. The van der Waals surface area contributed by atoms with Crippen LogP contribution in [0.15, 0.2) is 13.4 Å². The van der Waals surface area contributed by atoms with E-state index in [1.54, 1.807) is 0 Å². The molecule has 0 aliphatic rings. The monoisotopic (exact) mass is 689 g/mol. The molecule has 0 saturated carbocycles. The second-order valence-corrected chi connectivity index (χ2v) is 7.50. The van der Waals surface area contributed by atoms with Crippen LogP contribution in [0.3, 0.4) is 0 Å². The van der Waals surface area contributed by atoms with Crippen LogP contribution in [-0.2, 0) is 0 Å². The van der Waals surface area contributed by atoms with Crippen LogP contribution in [-0.4, -0.2) is 0 Å². The molecule has 0 nitrogen and oxygen atoms in total. The molecule has 66 valence electrons. The van der Waals surface area contributed by atoms with Crippen molar-refractivity contribution in [1.82, 2.24) is 0 Å². The van der Waals surface area contributed by atoms with Gasteiger partial charge >= 0.3 is 0 Å². The Morgan fingerprint density at radius 3 is 1.42 bits per heavy atom. The third kappa shape index (κ3) is 2.50. The van der Waals surface area contributed by atoms with Crippen molar-refractivity contribution in [1.29, 1.82) is 0 Å². The fourth-order valence-corrected chi connectivity index (χ4v) is 5.65. The Morgan fingerprint density at radius 1 is 0.583 bits per heavy atom. The van der Waals surface area contributed by atoms with Crippen molar-refractivity contribution in [3.05, 3.63) is 24.1 Å². The van der Waals surface area contributed by atoms with Crippen LogP contribution in [0.25, 0.3) is 0 Å². The molecule has 1 aromatic rings. The summed E-state index contributed by atoms with van der Waals surface area (Å²) >= 11 is 17.5. The van der Waals surface area contributed by atoms with E-state index in [2.05, 4.69) is 116 Å². The van der Waals surface area contributed by atoms with Crippen LogP contribution < -0.4 is 0 Å². The first-order chi connectivity index (χ1) is 5.46. The van der Waals surface area contributed by atoms with Crippen LogP contribution >= 0.6 is 116 Å². The Balaban J connectivity index is 3.60. The summed E-state index contributed by atoms with van der Waals surface area (Å²) in [7, 11) is 0. The average Bonchev–Trinajstić information content (AvgIpc) is 2.08. The molecule has 0 spiro atoms. The summed E-state index contributed by atoms with van der Waals surface area (Å²) in [5.74, 6) is 0. The molecule has 0 bridgehead atoms. The fourth-order valence-electron chi connectivity index (χ4n) is 0.578. The Morgan fingerprint density at radius 2 is 0.917 bits per heavy atom. The largest absolute Gasteiger partial charge is 0.0484 e. The Bertz CT molecular complexity index is 232. The molecular weight excluding hydrogens is 692 g/mol. The highest BCUT2D eigenvalue weighted by Crippen LogP contribution is 2.40. The van der Waals surface area contributed by atoms with Gasteiger partial charge in [0.25, 0.3) is 0 Å². The van der Waals surface area contributed by atoms with E-state index < -0.39 is 0 Å². The van der Waals surface area contributed by atoms with Gasteiger partial charge in [-0.3, -0.25) is 0 Å². The van der Waals surface area contributed by atoms with Gasteiger partial charge in [0.15, 0.2) is 0 Å². The molecule has 0 fully saturated rings. The van der Waals surface area contributed by atoms with E-state index in [1.807, 2.05) is 0 Å². The van der Waals surface area contributed by atoms with Gasteiger partial charge in [-0.15, -0.1) is 0 Å². The molecule has 6 heteroatoms. The maximum atomic E-state index is 3.54. The van der Waals surface area contributed by atoms with Crippen LogP contribution in [0.2, 0.25) is 0 Å². The second kappa shape index (κ2) is 5.26. The number of hydrogen-bond acceptors (Lipinski definition) is 0. The lowest BCUT2D eigenvalue weighted by Crippen LogP contribution is -1.90.